The number of hydrogen-bond donors (Lipinski definition) is 1. The molecule has 0 amide bonds. The first-order valence-corrected chi connectivity index (χ1v) is 8.00. The Bertz CT molecular complexity index is 575. The number of para-hydroxylation sites is 1. The third-order valence-corrected chi connectivity index (χ3v) is 5.15. The van der Waals surface area contributed by atoms with Gasteiger partial charge in [0.25, 0.3) is 0 Å². The van der Waals surface area contributed by atoms with E-state index in [2.05, 4.69) is 37.3 Å². The average Bonchev–Trinajstić information content (AvgIpc) is 3.00. The van der Waals surface area contributed by atoms with E-state index < -0.39 is 0 Å². The van der Waals surface area contributed by atoms with Crippen molar-refractivity contribution in [1.82, 2.24) is 9.78 Å². The standard InChI is InChI=1S/C18H25N3/c1-13-8-9-15(10-14(13)2)18(19)16-11-20-21(12-16)17-6-4-3-5-7-17/h3-7,11-15,18H,8-10,19H2,1-2H3. The number of benzene rings is 1. The monoisotopic (exact) mass is 283 g/mol. The minimum absolute atomic E-state index is 0.109. The van der Waals surface area contributed by atoms with E-state index in [-0.39, 0.29) is 6.04 Å². The molecule has 1 saturated carbocycles. The van der Waals surface area contributed by atoms with Crippen molar-refractivity contribution in [2.45, 2.75) is 39.2 Å². The van der Waals surface area contributed by atoms with E-state index in [1.54, 1.807) is 0 Å². The van der Waals surface area contributed by atoms with Gasteiger partial charge in [0, 0.05) is 17.8 Å². The van der Waals surface area contributed by atoms with Gasteiger partial charge in [-0.15, -0.1) is 0 Å². The van der Waals surface area contributed by atoms with Crippen LogP contribution < -0.4 is 5.73 Å². The van der Waals surface area contributed by atoms with Gasteiger partial charge in [0.05, 0.1) is 11.9 Å². The summed E-state index contributed by atoms with van der Waals surface area (Å²) in [5.74, 6) is 2.20. The van der Waals surface area contributed by atoms with Gasteiger partial charge in [0.2, 0.25) is 0 Å². The van der Waals surface area contributed by atoms with Crippen molar-refractivity contribution >= 4 is 0 Å². The van der Waals surface area contributed by atoms with Crippen LogP contribution in [0.15, 0.2) is 42.7 Å². The molecule has 3 nitrogen and oxygen atoms in total. The Hall–Kier alpha value is -1.61. The number of nitrogens with zero attached hydrogens (tertiary/aromatic N) is 2. The maximum Gasteiger partial charge on any atom is 0.0645 e. The highest BCUT2D eigenvalue weighted by Crippen LogP contribution is 2.38. The number of rotatable bonds is 3. The van der Waals surface area contributed by atoms with Gasteiger partial charge < -0.3 is 5.73 Å². The minimum atomic E-state index is 0.109. The van der Waals surface area contributed by atoms with E-state index in [1.807, 2.05) is 29.1 Å². The lowest BCUT2D eigenvalue weighted by Crippen LogP contribution is -2.29. The highest BCUT2D eigenvalue weighted by atomic mass is 15.3. The minimum Gasteiger partial charge on any atom is -0.324 e. The lowest BCUT2D eigenvalue weighted by molar-refractivity contribution is 0.186. The number of nitrogens with two attached hydrogens (primary N) is 1. The summed E-state index contributed by atoms with van der Waals surface area (Å²) in [5, 5.41) is 4.47. The van der Waals surface area contributed by atoms with E-state index in [4.69, 9.17) is 5.73 Å². The molecule has 4 unspecified atom stereocenters. The fraction of sp³-hybridized carbons (Fsp3) is 0.500. The van der Waals surface area contributed by atoms with Crippen molar-refractivity contribution in [3.05, 3.63) is 48.3 Å². The van der Waals surface area contributed by atoms with Crippen LogP contribution in [0.1, 0.15) is 44.7 Å². The SMILES string of the molecule is CC1CCC(C(N)c2cnn(-c3ccccc3)c2)CC1C. The summed E-state index contributed by atoms with van der Waals surface area (Å²) in [6.07, 6.45) is 7.79. The fourth-order valence-corrected chi connectivity index (χ4v) is 3.42. The van der Waals surface area contributed by atoms with Crippen LogP contribution in [0.25, 0.3) is 5.69 Å². The van der Waals surface area contributed by atoms with E-state index in [0.29, 0.717) is 5.92 Å². The molecule has 1 aromatic heterocycles. The Labute approximate surface area is 127 Å². The smallest absolute Gasteiger partial charge is 0.0645 e. The quantitative estimate of drug-likeness (QED) is 0.927. The lowest BCUT2D eigenvalue weighted by atomic mass is 9.72. The Kier molecular flexibility index (Phi) is 4.11. The van der Waals surface area contributed by atoms with Crippen molar-refractivity contribution < 1.29 is 0 Å². The van der Waals surface area contributed by atoms with Crippen LogP contribution in [-0.4, -0.2) is 9.78 Å². The molecule has 21 heavy (non-hydrogen) atoms. The van der Waals surface area contributed by atoms with Crippen molar-refractivity contribution in [1.29, 1.82) is 0 Å². The van der Waals surface area contributed by atoms with Crippen LogP contribution in [0.5, 0.6) is 0 Å². The molecule has 3 heteroatoms. The zero-order valence-electron chi connectivity index (χ0n) is 12.9. The van der Waals surface area contributed by atoms with Crippen molar-refractivity contribution in [2.75, 3.05) is 0 Å². The molecule has 1 aromatic carbocycles. The van der Waals surface area contributed by atoms with Gasteiger partial charge in [-0.05, 0) is 42.7 Å². The van der Waals surface area contributed by atoms with Gasteiger partial charge in [-0.1, -0.05) is 38.5 Å². The molecule has 1 aliphatic rings. The molecule has 1 aliphatic carbocycles. The third-order valence-electron chi connectivity index (χ3n) is 5.15. The first-order chi connectivity index (χ1) is 10.1. The van der Waals surface area contributed by atoms with Crippen LogP contribution >= 0.6 is 0 Å². The Balaban J connectivity index is 1.74. The molecule has 0 radical (unpaired) electrons. The second kappa shape index (κ2) is 6.02. The molecule has 1 fully saturated rings. The molecule has 112 valence electrons. The van der Waals surface area contributed by atoms with Gasteiger partial charge in [-0.25, -0.2) is 4.68 Å². The van der Waals surface area contributed by atoms with Crippen molar-refractivity contribution in [2.24, 2.45) is 23.5 Å². The topological polar surface area (TPSA) is 43.8 Å². The summed E-state index contributed by atoms with van der Waals surface area (Å²) in [4.78, 5) is 0. The van der Waals surface area contributed by atoms with Crippen LogP contribution in [-0.2, 0) is 0 Å². The first-order valence-electron chi connectivity index (χ1n) is 8.00. The second-order valence-corrected chi connectivity index (χ2v) is 6.61. The Morgan fingerprint density at radius 3 is 2.62 bits per heavy atom. The van der Waals surface area contributed by atoms with Crippen LogP contribution in [0.3, 0.4) is 0 Å². The van der Waals surface area contributed by atoms with E-state index >= 15 is 0 Å². The summed E-state index contributed by atoms with van der Waals surface area (Å²) >= 11 is 0. The molecule has 0 bridgehead atoms. The largest absolute Gasteiger partial charge is 0.324 e. The zero-order chi connectivity index (χ0) is 14.8. The fourth-order valence-electron chi connectivity index (χ4n) is 3.42. The van der Waals surface area contributed by atoms with Gasteiger partial charge in [0.15, 0.2) is 0 Å². The summed E-state index contributed by atoms with van der Waals surface area (Å²) in [5.41, 5.74) is 8.76. The number of aromatic nitrogens is 2. The maximum absolute atomic E-state index is 6.52. The molecular formula is C18H25N3. The summed E-state index contributed by atoms with van der Waals surface area (Å²) in [6.45, 7) is 4.72. The van der Waals surface area contributed by atoms with Gasteiger partial charge in [-0.3, -0.25) is 0 Å². The summed E-state index contributed by atoms with van der Waals surface area (Å²) in [7, 11) is 0. The predicted molar refractivity (Wildman–Crippen MR) is 86.2 cm³/mol. The van der Waals surface area contributed by atoms with E-state index in [1.165, 1.54) is 19.3 Å². The van der Waals surface area contributed by atoms with Gasteiger partial charge >= 0.3 is 0 Å². The predicted octanol–water partition coefficient (Wildman–Crippen LogP) is 3.94. The average molecular weight is 283 g/mol. The van der Waals surface area contributed by atoms with Crippen molar-refractivity contribution in [3.8, 4) is 5.69 Å². The Morgan fingerprint density at radius 1 is 1.14 bits per heavy atom. The van der Waals surface area contributed by atoms with E-state index in [9.17, 15) is 0 Å². The van der Waals surface area contributed by atoms with Gasteiger partial charge in [0.1, 0.15) is 0 Å². The third kappa shape index (κ3) is 3.03. The molecule has 0 spiro atoms. The molecule has 2 aromatic rings. The lowest BCUT2D eigenvalue weighted by Gasteiger charge is -2.35. The normalized spacial score (nSPS) is 27.5. The molecule has 1 heterocycles. The molecule has 0 aliphatic heterocycles. The van der Waals surface area contributed by atoms with E-state index in [0.717, 1.165) is 23.1 Å². The van der Waals surface area contributed by atoms with Gasteiger partial charge in [-0.2, -0.15) is 5.10 Å². The summed E-state index contributed by atoms with van der Waals surface area (Å²) < 4.78 is 1.92. The molecule has 0 saturated heterocycles. The molecule has 2 N–H and O–H groups in total. The highest BCUT2D eigenvalue weighted by molar-refractivity contribution is 5.31. The zero-order valence-corrected chi connectivity index (χ0v) is 12.9. The van der Waals surface area contributed by atoms with Crippen LogP contribution in [0, 0.1) is 17.8 Å². The highest BCUT2D eigenvalue weighted by Gasteiger charge is 2.29. The molecular weight excluding hydrogens is 258 g/mol. The molecule has 4 atom stereocenters. The maximum atomic E-state index is 6.52. The summed E-state index contributed by atoms with van der Waals surface area (Å²) in [6, 6.07) is 10.3. The Morgan fingerprint density at radius 2 is 1.90 bits per heavy atom. The van der Waals surface area contributed by atoms with Crippen LogP contribution in [0.4, 0.5) is 0 Å². The second-order valence-electron chi connectivity index (χ2n) is 6.61. The van der Waals surface area contributed by atoms with Crippen molar-refractivity contribution in [3.63, 3.8) is 0 Å². The molecule has 3 rings (SSSR count). The van der Waals surface area contributed by atoms with Crippen LogP contribution in [0.2, 0.25) is 0 Å². The number of hydrogen-bond acceptors (Lipinski definition) is 2. The first kappa shape index (κ1) is 14.3.